The van der Waals surface area contributed by atoms with Gasteiger partial charge in [0.05, 0.1) is 26.9 Å². The molecule has 0 fully saturated rings. The van der Waals surface area contributed by atoms with Crippen LogP contribution < -0.4 is 10.2 Å². The van der Waals surface area contributed by atoms with Gasteiger partial charge >= 0.3 is 5.97 Å². The van der Waals surface area contributed by atoms with Gasteiger partial charge in [-0.3, -0.25) is 4.79 Å². The highest BCUT2D eigenvalue weighted by atomic mass is 79.9. The molecule has 3 aromatic rings. The van der Waals surface area contributed by atoms with Crippen LogP contribution >= 0.6 is 15.9 Å². The van der Waals surface area contributed by atoms with Crippen molar-refractivity contribution in [3.63, 3.8) is 0 Å². The van der Waals surface area contributed by atoms with E-state index < -0.39 is 0 Å². The van der Waals surface area contributed by atoms with Gasteiger partial charge in [-0.2, -0.15) is 0 Å². The van der Waals surface area contributed by atoms with Gasteiger partial charge in [0.15, 0.2) is 5.75 Å². The van der Waals surface area contributed by atoms with Crippen LogP contribution in [0.15, 0.2) is 34.8 Å². The minimum Gasteiger partial charge on any atom is -0.423 e. The minimum absolute atomic E-state index is 0.243. The number of carbonyl (C=O) groups is 1. The second-order valence-electron chi connectivity index (χ2n) is 5.26. The van der Waals surface area contributed by atoms with Crippen LogP contribution in [0.5, 0.6) is 5.75 Å². The number of halogens is 1. The first kappa shape index (κ1) is 15.0. The molecule has 1 heterocycles. The lowest BCUT2D eigenvalue weighted by atomic mass is 9.94. The molecular weight excluding hydrogens is 343 g/mol. The van der Waals surface area contributed by atoms with E-state index in [1.54, 1.807) is 19.9 Å². The average Bonchev–Trinajstić information content (AvgIpc) is 2.49. The van der Waals surface area contributed by atoms with Gasteiger partial charge in [0.25, 0.3) is 0 Å². The number of fused-ring (bicyclic) bond motifs is 2. The molecule has 0 N–H and O–H groups in total. The van der Waals surface area contributed by atoms with E-state index in [-0.39, 0.29) is 11.9 Å². The summed E-state index contributed by atoms with van der Waals surface area (Å²) in [5.74, 6) is -0.226. The largest absolute Gasteiger partial charge is 0.423 e. The molecule has 1 aromatic heterocycles. The average molecular weight is 355 g/mol. The van der Waals surface area contributed by atoms with Crippen molar-refractivity contribution < 1.29 is 9.53 Å². The number of esters is 1. The van der Waals surface area contributed by atoms with Gasteiger partial charge in [0.1, 0.15) is 13.4 Å². The first-order valence-electron chi connectivity index (χ1n) is 6.83. The molecular formula is C16H12BBrN2O2. The van der Waals surface area contributed by atoms with Crippen molar-refractivity contribution in [2.24, 2.45) is 5.92 Å². The van der Waals surface area contributed by atoms with Crippen molar-refractivity contribution in [3.8, 4) is 5.75 Å². The lowest BCUT2D eigenvalue weighted by molar-refractivity contribution is -0.137. The molecule has 0 saturated carbocycles. The van der Waals surface area contributed by atoms with Gasteiger partial charge in [-0.1, -0.05) is 31.4 Å². The molecule has 108 valence electrons. The zero-order valence-corrected chi connectivity index (χ0v) is 13.7. The summed E-state index contributed by atoms with van der Waals surface area (Å²) in [4.78, 5) is 21.0. The second-order valence-corrected chi connectivity index (χ2v) is 6.12. The Morgan fingerprint density at radius 3 is 2.36 bits per heavy atom. The van der Waals surface area contributed by atoms with Crippen LogP contribution in [0.3, 0.4) is 0 Å². The predicted octanol–water partition coefficient (Wildman–Crippen LogP) is 2.90. The number of aromatic nitrogens is 2. The molecule has 2 aromatic carbocycles. The zero-order valence-electron chi connectivity index (χ0n) is 12.1. The number of hydrogen-bond acceptors (Lipinski definition) is 4. The molecule has 0 aliphatic rings. The highest BCUT2D eigenvalue weighted by Gasteiger charge is 2.18. The fourth-order valence-electron chi connectivity index (χ4n) is 2.06. The molecule has 0 spiro atoms. The van der Waals surface area contributed by atoms with Gasteiger partial charge < -0.3 is 4.74 Å². The Balaban J connectivity index is 2.30. The highest BCUT2D eigenvalue weighted by Crippen LogP contribution is 2.32. The van der Waals surface area contributed by atoms with Crippen LogP contribution in [0, 0.1) is 5.92 Å². The molecule has 4 nitrogen and oxygen atoms in total. The summed E-state index contributed by atoms with van der Waals surface area (Å²) < 4.78 is 6.06. The zero-order chi connectivity index (χ0) is 15.9. The van der Waals surface area contributed by atoms with E-state index in [0.717, 1.165) is 5.52 Å². The van der Waals surface area contributed by atoms with E-state index in [1.165, 1.54) is 0 Å². The Morgan fingerprint density at radius 1 is 1.18 bits per heavy atom. The molecule has 0 aliphatic carbocycles. The molecule has 0 atom stereocenters. The quantitative estimate of drug-likeness (QED) is 0.307. The van der Waals surface area contributed by atoms with Crippen LogP contribution in [0.1, 0.15) is 13.8 Å². The van der Waals surface area contributed by atoms with E-state index in [4.69, 9.17) is 12.6 Å². The van der Waals surface area contributed by atoms with Gasteiger partial charge in [-0.15, -0.1) is 0 Å². The smallest absolute Gasteiger partial charge is 0.313 e. The van der Waals surface area contributed by atoms with Crippen molar-refractivity contribution in [1.82, 2.24) is 9.97 Å². The number of ether oxygens (including phenoxy) is 1. The lowest BCUT2D eigenvalue weighted by Crippen LogP contribution is -2.17. The normalized spacial score (nSPS) is 11.3. The minimum atomic E-state index is -0.332. The van der Waals surface area contributed by atoms with Crippen molar-refractivity contribution in [2.75, 3.05) is 0 Å². The Hall–Kier alpha value is -1.95. The maximum Gasteiger partial charge on any atom is 0.313 e. The molecule has 0 bridgehead atoms. The monoisotopic (exact) mass is 354 g/mol. The van der Waals surface area contributed by atoms with E-state index in [1.807, 2.05) is 24.3 Å². The Bertz CT molecular complexity index is 896. The van der Waals surface area contributed by atoms with Crippen LogP contribution in [-0.4, -0.2) is 23.8 Å². The van der Waals surface area contributed by atoms with Gasteiger partial charge in [-0.25, -0.2) is 9.97 Å². The summed E-state index contributed by atoms with van der Waals surface area (Å²) in [5.41, 5.74) is 2.93. The van der Waals surface area contributed by atoms with Crippen LogP contribution in [-0.2, 0) is 4.79 Å². The maximum atomic E-state index is 11.9. The SMILES string of the molecule is [B]c1cc(Br)c(OC(=O)C(C)C)c2nc3ccccc3nc12. The summed E-state index contributed by atoms with van der Waals surface area (Å²) in [6, 6.07) is 9.16. The lowest BCUT2D eigenvalue weighted by Gasteiger charge is -2.13. The van der Waals surface area contributed by atoms with Crippen LogP contribution in [0.4, 0.5) is 0 Å². The summed E-state index contributed by atoms with van der Waals surface area (Å²) in [5, 5.41) is 0. The number of hydrogen-bond donors (Lipinski definition) is 0. The van der Waals surface area contributed by atoms with E-state index in [2.05, 4.69) is 25.9 Å². The third-order valence-corrected chi connectivity index (χ3v) is 3.82. The third-order valence-electron chi connectivity index (χ3n) is 3.23. The molecule has 0 aliphatic heterocycles. The van der Waals surface area contributed by atoms with Crippen molar-refractivity contribution in [1.29, 1.82) is 0 Å². The first-order chi connectivity index (χ1) is 10.5. The number of nitrogens with zero attached hydrogens (tertiary/aromatic N) is 2. The molecule has 0 saturated heterocycles. The Kier molecular flexibility index (Phi) is 3.87. The van der Waals surface area contributed by atoms with Crippen molar-refractivity contribution in [2.45, 2.75) is 13.8 Å². The number of para-hydroxylation sites is 2. The number of rotatable bonds is 2. The first-order valence-corrected chi connectivity index (χ1v) is 7.63. The molecule has 6 heteroatoms. The fraction of sp³-hybridized carbons (Fsp3) is 0.188. The summed E-state index contributed by atoms with van der Waals surface area (Å²) in [6.07, 6.45) is 0. The highest BCUT2D eigenvalue weighted by molar-refractivity contribution is 9.10. The second kappa shape index (κ2) is 5.68. The molecule has 22 heavy (non-hydrogen) atoms. The number of benzene rings is 2. The molecule has 0 unspecified atom stereocenters. The van der Waals surface area contributed by atoms with Gasteiger partial charge in [0, 0.05) is 0 Å². The predicted molar refractivity (Wildman–Crippen MR) is 90.6 cm³/mol. The van der Waals surface area contributed by atoms with E-state index >= 15 is 0 Å². The molecule has 0 amide bonds. The number of carbonyl (C=O) groups excluding carboxylic acids is 1. The van der Waals surface area contributed by atoms with Gasteiger partial charge in [0.2, 0.25) is 0 Å². The summed E-state index contributed by atoms with van der Waals surface area (Å²) in [7, 11) is 6.03. The topological polar surface area (TPSA) is 52.1 Å². The molecule has 2 radical (unpaired) electrons. The Morgan fingerprint density at radius 2 is 1.77 bits per heavy atom. The third kappa shape index (κ3) is 2.59. The van der Waals surface area contributed by atoms with Crippen LogP contribution in [0.2, 0.25) is 0 Å². The summed E-state index contributed by atoms with van der Waals surface area (Å²) >= 11 is 3.38. The maximum absolute atomic E-state index is 11.9. The fourth-order valence-corrected chi connectivity index (χ4v) is 2.57. The molecule has 3 rings (SSSR count). The summed E-state index contributed by atoms with van der Waals surface area (Å²) in [6.45, 7) is 3.55. The standard InChI is InChI=1S/C16H12BBrN2O2/c1-8(2)16(21)22-15-10(18)7-9(17)13-14(15)20-12-6-4-3-5-11(12)19-13/h3-8H,1-2H3. The van der Waals surface area contributed by atoms with Crippen molar-refractivity contribution in [3.05, 3.63) is 34.8 Å². The van der Waals surface area contributed by atoms with E-state index in [0.29, 0.717) is 32.2 Å². The van der Waals surface area contributed by atoms with E-state index in [9.17, 15) is 4.79 Å². The van der Waals surface area contributed by atoms with Crippen LogP contribution in [0.25, 0.3) is 22.1 Å². The van der Waals surface area contributed by atoms with Crippen molar-refractivity contribution >= 4 is 57.3 Å². The van der Waals surface area contributed by atoms with Gasteiger partial charge in [-0.05, 0) is 34.1 Å². The Labute approximate surface area is 137 Å².